The molecule has 1 unspecified atom stereocenters. The molecule has 1 atom stereocenters. The highest BCUT2D eigenvalue weighted by Gasteiger charge is 2.27. The number of hydrogen-bond acceptors (Lipinski definition) is 4. The van der Waals surface area contributed by atoms with Crippen LogP contribution in [0.4, 0.5) is 4.79 Å². The Bertz CT molecular complexity index is 252. The van der Waals surface area contributed by atoms with Crippen LogP contribution in [0.15, 0.2) is 0 Å². The van der Waals surface area contributed by atoms with E-state index in [1.807, 2.05) is 7.05 Å². The highest BCUT2D eigenvalue weighted by atomic mass is 16.6. The van der Waals surface area contributed by atoms with Crippen LogP contribution < -0.4 is 5.32 Å². The van der Waals surface area contributed by atoms with E-state index < -0.39 is 0 Å². The Labute approximate surface area is 102 Å². The number of carbonyl (C=O) groups is 1. The molecule has 1 amide bonds. The molecule has 1 saturated heterocycles. The molecule has 0 spiro atoms. The lowest BCUT2D eigenvalue weighted by atomic mass is 10.3. The van der Waals surface area contributed by atoms with Crippen molar-refractivity contribution in [1.82, 2.24) is 10.2 Å². The van der Waals surface area contributed by atoms with Crippen LogP contribution in [-0.2, 0) is 9.47 Å². The summed E-state index contributed by atoms with van der Waals surface area (Å²) in [6.45, 7) is 2.65. The van der Waals surface area contributed by atoms with Crippen molar-refractivity contribution in [2.45, 2.75) is 37.9 Å². The molecule has 5 nitrogen and oxygen atoms in total. The normalized spacial score (nSPS) is 26.2. The van der Waals surface area contributed by atoms with Crippen LogP contribution in [0.1, 0.15) is 25.7 Å². The first-order valence-electron chi connectivity index (χ1n) is 6.51. The summed E-state index contributed by atoms with van der Waals surface area (Å²) in [6.07, 6.45) is 4.48. The second-order valence-electron chi connectivity index (χ2n) is 4.79. The summed E-state index contributed by atoms with van der Waals surface area (Å²) in [5, 5.41) is 3.07. The third-order valence-electron chi connectivity index (χ3n) is 3.40. The first kappa shape index (κ1) is 12.6. The van der Waals surface area contributed by atoms with Crippen LogP contribution in [0, 0.1) is 0 Å². The van der Waals surface area contributed by atoms with Crippen LogP contribution in [0.2, 0.25) is 0 Å². The van der Waals surface area contributed by atoms with Gasteiger partial charge in [0.25, 0.3) is 0 Å². The lowest BCUT2D eigenvalue weighted by Crippen LogP contribution is -2.49. The fourth-order valence-corrected chi connectivity index (χ4v) is 2.46. The maximum atomic E-state index is 11.9. The van der Waals surface area contributed by atoms with E-state index in [1.54, 1.807) is 4.90 Å². The Morgan fingerprint density at radius 3 is 2.94 bits per heavy atom. The average Bonchev–Trinajstić information content (AvgIpc) is 2.83. The predicted octanol–water partition coefficient (Wildman–Crippen LogP) is 0.986. The van der Waals surface area contributed by atoms with Crippen molar-refractivity contribution < 1.29 is 14.3 Å². The molecule has 98 valence electrons. The topological polar surface area (TPSA) is 50.8 Å². The Hall–Kier alpha value is -0.810. The van der Waals surface area contributed by atoms with E-state index in [-0.39, 0.29) is 18.3 Å². The number of amides is 1. The molecule has 0 aromatic rings. The molecule has 0 bridgehead atoms. The minimum atomic E-state index is -0.165. The molecule has 0 radical (unpaired) electrons. The van der Waals surface area contributed by atoms with Gasteiger partial charge in [0.05, 0.1) is 19.3 Å². The van der Waals surface area contributed by atoms with E-state index in [4.69, 9.17) is 9.47 Å². The van der Waals surface area contributed by atoms with Crippen molar-refractivity contribution in [2.24, 2.45) is 0 Å². The van der Waals surface area contributed by atoms with Gasteiger partial charge < -0.3 is 19.7 Å². The molecular weight excluding hydrogens is 220 g/mol. The third-order valence-corrected chi connectivity index (χ3v) is 3.40. The minimum Gasteiger partial charge on any atom is -0.446 e. The van der Waals surface area contributed by atoms with E-state index in [0.717, 1.165) is 19.4 Å². The van der Waals surface area contributed by atoms with Crippen LogP contribution >= 0.6 is 0 Å². The van der Waals surface area contributed by atoms with E-state index >= 15 is 0 Å². The summed E-state index contributed by atoms with van der Waals surface area (Å²) in [5.41, 5.74) is 0. The van der Waals surface area contributed by atoms with Crippen LogP contribution in [-0.4, -0.2) is 56.5 Å². The molecule has 1 aliphatic carbocycles. The van der Waals surface area contributed by atoms with Crippen molar-refractivity contribution in [1.29, 1.82) is 0 Å². The monoisotopic (exact) mass is 242 g/mol. The van der Waals surface area contributed by atoms with E-state index in [9.17, 15) is 4.79 Å². The molecular formula is C12H22N2O3. The van der Waals surface area contributed by atoms with Crippen molar-refractivity contribution in [2.75, 3.05) is 33.3 Å². The molecule has 1 N–H and O–H groups in total. The second-order valence-corrected chi connectivity index (χ2v) is 4.79. The lowest BCUT2D eigenvalue weighted by Gasteiger charge is -2.32. The number of nitrogens with zero attached hydrogens (tertiary/aromatic N) is 1. The van der Waals surface area contributed by atoms with E-state index in [1.165, 1.54) is 12.8 Å². The number of rotatable bonds is 3. The van der Waals surface area contributed by atoms with Gasteiger partial charge in [0.15, 0.2) is 0 Å². The van der Waals surface area contributed by atoms with Gasteiger partial charge in [-0.15, -0.1) is 0 Å². The number of morpholine rings is 1. The molecule has 1 saturated carbocycles. The molecule has 2 aliphatic rings. The maximum absolute atomic E-state index is 11.9. The predicted molar refractivity (Wildman–Crippen MR) is 64.0 cm³/mol. The van der Waals surface area contributed by atoms with E-state index in [0.29, 0.717) is 19.7 Å². The number of likely N-dealkylation sites (N-methyl/N-ethyl adjacent to an activating group) is 1. The van der Waals surface area contributed by atoms with Crippen molar-refractivity contribution in [3.63, 3.8) is 0 Å². The molecule has 0 aromatic heterocycles. The maximum Gasteiger partial charge on any atom is 0.410 e. The second kappa shape index (κ2) is 6.21. The first-order chi connectivity index (χ1) is 8.29. The Morgan fingerprint density at radius 1 is 1.47 bits per heavy atom. The summed E-state index contributed by atoms with van der Waals surface area (Å²) in [7, 11) is 1.89. The number of nitrogens with one attached hydrogen (secondary N) is 1. The molecule has 1 heterocycles. The molecule has 2 rings (SSSR count). The molecule has 17 heavy (non-hydrogen) atoms. The Morgan fingerprint density at radius 2 is 2.24 bits per heavy atom. The van der Waals surface area contributed by atoms with Gasteiger partial charge in [0.1, 0.15) is 6.10 Å². The standard InChI is InChI=1S/C12H22N2O3/c1-13-8-11-9-14(6-7-16-11)12(15)17-10-4-2-3-5-10/h10-11,13H,2-9H2,1H3. The largest absolute Gasteiger partial charge is 0.446 e. The Balaban J connectivity index is 1.77. The zero-order valence-corrected chi connectivity index (χ0v) is 10.5. The Kier molecular flexibility index (Phi) is 4.62. The van der Waals surface area contributed by atoms with Crippen molar-refractivity contribution in [3.8, 4) is 0 Å². The van der Waals surface area contributed by atoms with Gasteiger partial charge in [0, 0.05) is 13.1 Å². The number of carbonyl (C=O) groups excluding carboxylic acids is 1. The molecule has 2 fully saturated rings. The zero-order chi connectivity index (χ0) is 12.1. The van der Waals surface area contributed by atoms with Gasteiger partial charge in [-0.25, -0.2) is 4.79 Å². The fraction of sp³-hybridized carbons (Fsp3) is 0.917. The summed E-state index contributed by atoms with van der Waals surface area (Å²) < 4.78 is 11.0. The van der Waals surface area contributed by atoms with Gasteiger partial charge in [-0.05, 0) is 32.7 Å². The smallest absolute Gasteiger partial charge is 0.410 e. The van der Waals surface area contributed by atoms with Gasteiger partial charge >= 0.3 is 6.09 Å². The number of hydrogen-bond donors (Lipinski definition) is 1. The molecule has 0 aromatic carbocycles. The van der Waals surface area contributed by atoms with Crippen LogP contribution in [0.5, 0.6) is 0 Å². The minimum absolute atomic E-state index is 0.0879. The highest BCUT2D eigenvalue weighted by Crippen LogP contribution is 2.22. The lowest BCUT2D eigenvalue weighted by molar-refractivity contribution is -0.0310. The first-order valence-corrected chi connectivity index (χ1v) is 6.51. The third kappa shape index (κ3) is 3.57. The van der Waals surface area contributed by atoms with Crippen molar-refractivity contribution >= 4 is 6.09 Å². The van der Waals surface area contributed by atoms with Crippen LogP contribution in [0.25, 0.3) is 0 Å². The van der Waals surface area contributed by atoms with E-state index in [2.05, 4.69) is 5.32 Å². The summed E-state index contributed by atoms with van der Waals surface area (Å²) in [5.74, 6) is 0. The molecule has 1 aliphatic heterocycles. The SMILES string of the molecule is CNCC1CN(C(=O)OC2CCCC2)CCO1. The fourth-order valence-electron chi connectivity index (χ4n) is 2.46. The summed E-state index contributed by atoms with van der Waals surface area (Å²) in [6, 6.07) is 0. The van der Waals surface area contributed by atoms with Crippen molar-refractivity contribution in [3.05, 3.63) is 0 Å². The number of ether oxygens (including phenoxy) is 2. The summed E-state index contributed by atoms with van der Waals surface area (Å²) >= 11 is 0. The van der Waals surface area contributed by atoms with Gasteiger partial charge in [0.2, 0.25) is 0 Å². The van der Waals surface area contributed by atoms with Gasteiger partial charge in [-0.2, -0.15) is 0 Å². The zero-order valence-electron chi connectivity index (χ0n) is 10.5. The van der Waals surface area contributed by atoms with Gasteiger partial charge in [-0.1, -0.05) is 0 Å². The summed E-state index contributed by atoms with van der Waals surface area (Å²) in [4.78, 5) is 13.7. The van der Waals surface area contributed by atoms with Crippen LogP contribution in [0.3, 0.4) is 0 Å². The van der Waals surface area contributed by atoms with Gasteiger partial charge in [-0.3, -0.25) is 0 Å². The molecule has 5 heteroatoms. The average molecular weight is 242 g/mol. The highest BCUT2D eigenvalue weighted by molar-refractivity contribution is 5.68. The quantitative estimate of drug-likeness (QED) is 0.801.